The number of carbonyl (C=O) groups is 4. The van der Waals surface area contributed by atoms with Crippen LogP contribution >= 0.6 is 37.2 Å². The zero-order valence-electron chi connectivity index (χ0n) is 25.0. The lowest BCUT2D eigenvalue weighted by Crippen LogP contribution is -2.50. The summed E-state index contributed by atoms with van der Waals surface area (Å²) in [7, 11) is 0. The number of aliphatic hydroxyl groups is 1. The maximum absolute atomic E-state index is 13.7. The molecular weight excluding hydrogens is 657 g/mol. The number of likely N-dealkylation sites (tertiary alicyclic amines) is 1. The highest BCUT2D eigenvalue weighted by atomic mass is 35.5. The van der Waals surface area contributed by atoms with E-state index in [1.54, 1.807) is 6.20 Å². The van der Waals surface area contributed by atoms with Crippen molar-refractivity contribution in [3.8, 4) is 0 Å². The predicted octanol–water partition coefficient (Wildman–Crippen LogP) is 1.32. The van der Waals surface area contributed by atoms with Gasteiger partial charge in [-0.1, -0.05) is 48.5 Å². The molecule has 0 saturated carbocycles. The normalized spacial score (nSPS) is 20.8. The van der Waals surface area contributed by atoms with Crippen molar-refractivity contribution in [2.24, 2.45) is 5.73 Å². The minimum absolute atomic E-state index is 0. The number of halogens is 3. The van der Waals surface area contributed by atoms with Crippen LogP contribution in [0.2, 0.25) is 0 Å². The molecule has 2 fully saturated rings. The van der Waals surface area contributed by atoms with Crippen LogP contribution in [0.15, 0.2) is 66.9 Å². The van der Waals surface area contributed by atoms with Crippen molar-refractivity contribution >= 4 is 77.4 Å². The predicted molar refractivity (Wildman–Crippen MR) is 182 cm³/mol. The van der Waals surface area contributed by atoms with Crippen LogP contribution in [0.1, 0.15) is 24.8 Å². The number of fused-ring (bicyclic) bond motifs is 1. The van der Waals surface area contributed by atoms with Crippen molar-refractivity contribution in [3.63, 3.8) is 0 Å². The highest BCUT2D eigenvalue weighted by Gasteiger charge is 2.44. The third kappa shape index (κ3) is 9.74. The van der Waals surface area contributed by atoms with Crippen LogP contribution in [0.4, 0.5) is 5.69 Å². The molecule has 12 nitrogen and oxygen atoms in total. The summed E-state index contributed by atoms with van der Waals surface area (Å²) >= 11 is 0. The van der Waals surface area contributed by atoms with E-state index in [0.29, 0.717) is 25.1 Å². The Morgan fingerprint density at radius 2 is 1.70 bits per heavy atom. The third-order valence-corrected chi connectivity index (χ3v) is 7.92. The Morgan fingerprint density at radius 3 is 2.43 bits per heavy atom. The summed E-state index contributed by atoms with van der Waals surface area (Å²) < 4.78 is 0. The number of aromatic nitrogens is 1. The standard InChI is InChI=1S/C31H37N7O5.3ClH/c32-15-28(40)35-22-13-25(34-17-22)31(43)38-18-23(37-30(42)27(39)11-10-19-6-2-1-3-7-19)14-26(38)29(41)36-21-12-20-8-4-5-9-24(20)33-16-21;;;/h1-9,12,16,22-23,25-27,34,39H,10-11,13-15,17-18,32H2,(H,35,40)(H,36,41)(H,37,42);3*1H/t22-,23+,25+,26-,27+;;;/m0.../s1. The second kappa shape index (κ2) is 18.0. The number of amides is 4. The van der Waals surface area contributed by atoms with Crippen LogP contribution in [0, 0.1) is 0 Å². The molecule has 5 rings (SSSR count). The maximum atomic E-state index is 13.7. The van der Waals surface area contributed by atoms with E-state index < -0.39 is 36.0 Å². The molecule has 0 unspecified atom stereocenters. The third-order valence-electron chi connectivity index (χ3n) is 7.92. The van der Waals surface area contributed by atoms with Gasteiger partial charge in [-0.3, -0.25) is 24.2 Å². The Balaban J connectivity index is 0.00000245. The molecule has 3 aromatic rings. The van der Waals surface area contributed by atoms with Crippen molar-refractivity contribution in [1.82, 2.24) is 25.8 Å². The molecule has 250 valence electrons. The molecule has 7 N–H and O–H groups in total. The zero-order chi connectivity index (χ0) is 30.3. The van der Waals surface area contributed by atoms with E-state index in [9.17, 15) is 24.3 Å². The van der Waals surface area contributed by atoms with E-state index in [4.69, 9.17) is 5.73 Å². The molecule has 0 radical (unpaired) electrons. The fourth-order valence-electron chi connectivity index (χ4n) is 5.69. The summed E-state index contributed by atoms with van der Waals surface area (Å²) in [5, 5.41) is 23.0. The van der Waals surface area contributed by atoms with Gasteiger partial charge in [0.05, 0.1) is 30.0 Å². The molecule has 5 atom stereocenters. The molecule has 2 aliphatic rings. The average Bonchev–Trinajstić information content (AvgIpc) is 3.67. The molecule has 3 heterocycles. The van der Waals surface area contributed by atoms with Gasteiger partial charge >= 0.3 is 0 Å². The summed E-state index contributed by atoms with van der Waals surface area (Å²) in [6.45, 7) is 0.344. The number of hydrogen-bond acceptors (Lipinski definition) is 8. The van der Waals surface area contributed by atoms with Crippen molar-refractivity contribution in [3.05, 3.63) is 72.4 Å². The Labute approximate surface area is 285 Å². The number of anilines is 1. The van der Waals surface area contributed by atoms with E-state index in [1.807, 2.05) is 60.7 Å². The molecule has 0 bridgehead atoms. The molecule has 4 amide bonds. The summed E-state index contributed by atoms with van der Waals surface area (Å²) in [5.74, 6) is -1.56. The average molecular weight is 697 g/mol. The van der Waals surface area contributed by atoms with Crippen molar-refractivity contribution < 1.29 is 24.3 Å². The van der Waals surface area contributed by atoms with Crippen LogP contribution in [0.5, 0.6) is 0 Å². The van der Waals surface area contributed by atoms with Gasteiger partial charge in [0.15, 0.2) is 0 Å². The lowest BCUT2D eigenvalue weighted by Gasteiger charge is -2.26. The Bertz CT molecular complexity index is 1490. The fraction of sp³-hybridized carbons (Fsp3) is 0.387. The second-order valence-electron chi connectivity index (χ2n) is 11.1. The lowest BCUT2D eigenvalue weighted by molar-refractivity contribution is -0.138. The van der Waals surface area contributed by atoms with Crippen molar-refractivity contribution in [1.29, 1.82) is 0 Å². The molecule has 2 aromatic carbocycles. The van der Waals surface area contributed by atoms with Crippen LogP contribution in [0.3, 0.4) is 0 Å². The van der Waals surface area contributed by atoms with Gasteiger partial charge < -0.3 is 37.0 Å². The van der Waals surface area contributed by atoms with Crippen LogP contribution in [-0.4, -0.2) is 88.5 Å². The number of nitrogens with one attached hydrogen (secondary N) is 4. The Hall–Kier alpha value is -3.52. The number of hydrogen-bond donors (Lipinski definition) is 6. The van der Waals surface area contributed by atoms with E-state index in [-0.39, 0.29) is 81.0 Å². The number of aryl methyl sites for hydroxylation is 1. The minimum atomic E-state index is -1.23. The van der Waals surface area contributed by atoms with Crippen LogP contribution in [0.25, 0.3) is 10.9 Å². The number of aliphatic hydroxyl groups excluding tert-OH is 1. The van der Waals surface area contributed by atoms with E-state index in [1.165, 1.54) is 4.90 Å². The van der Waals surface area contributed by atoms with Crippen LogP contribution in [-0.2, 0) is 25.6 Å². The SMILES string of the molecule is Cl.Cl.Cl.NCC(=O)N[C@@H]1CN[C@@H](C(=O)N2C[C@H](NC(=O)[C@H](O)CCc3ccccc3)C[C@H]2C(=O)Nc2cnc3ccccc3c2)C1. The molecule has 15 heteroatoms. The number of para-hydroxylation sites is 1. The first-order valence-corrected chi connectivity index (χ1v) is 14.5. The van der Waals surface area contributed by atoms with Gasteiger partial charge in [0.25, 0.3) is 0 Å². The van der Waals surface area contributed by atoms with Crippen LogP contribution < -0.4 is 27.0 Å². The molecule has 0 spiro atoms. The topological polar surface area (TPSA) is 179 Å². The van der Waals surface area contributed by atoms with Gasteiger partial charge in [0.1, 0.15) is 12.1 Å². The second-order valence-corrected chi connectivity index (χ2v) is 11.1. The van der Waals surface area contributed by atoms with Gasteiger partial charge in [-0.15, -0.1) is 37.2 Å². The lowest BCUT2D eigenvalue weighted by atomic mass is 10.1. The Morgan fingerprint density at radius 1 is 0.978 bits per heavy atom. The number of nitrogens with zero attached hydrogens (tertiary/aromatic N) is 2. The largest absolute Gasteiger partial charge is 0.383 e. The number of carbonyl (C=O) groups excluding carboxylic acids is 4. The zero-order valence-corrected chi connectivity index (χ0v) is 27.4. The number of pyridine rings is 1. The highest BCUT2D eigenvalue weighted by Crippen LogP contribution is 2.24. The summed E-state index contributed by atoms with van der Waals surface area (Å²) in [6.07, 6.45) is 1.63. The molecule has 46 heavy (non-hydrogen) atoms. The first-order chi connectivity index (χ1) is 20.8. The Kier molecular flexibility index (Phi) is 15.1. The van der Waals surface area contributed by atoms with Crippen molar-refractivity contribution in [2.75, 3.05) is 25.0 Å². The molecule has 1 aromatic heterocycles. The molecular formula is C31H40Cl3N7O5. The highest BCUT2D eigenvalue weighted by molar-refractivity contribution is 5.99. The van der Waals surface area contributed by atoms with E-state index in [0.717, 1.165) is 16.5 Å². The van der Waals surface area contributed by atoms with Gasteiger partial charge in [-0.25, -0.2) is 0 Å². The number of nitrogens with two attached hydrogens (primary N) is 1. The summed E-state index contributed by atoms with van der Waals surface area (Å²) in [5.41, 5.74) is 7.69. The first kappa shape index (κ1) is 38.7. The van der Waals surface area contributed by atoms with Gasteiger partial charge in [0.2, 0.25) is 23.6 Å². The number of rotatable bonds is 10. The first-order valence-electron chi connectivity index (χ1n) is 14.5. The van der Waals surface area contributed by atoms with Gasteiger partial charge in [0, 0.05) is 30.6 Å². The maximum Gasteiger partial charge on any atom is 0.249 e. The quantitative estimate of drug-likeness (QED) is 0.184. The van der Waals surface area contributed by atoms with E-state index >= 15 is 0 Å². The summed E-state index contributed by atoms with van der Waals surface area (Å²) in [6, 6.07) is 16.6. The van der Waals surface area contributed by atoms with E-state index in [2.05, 4.69) is 26.3 Å². The molecule has 0 aliphatic carbocycles. The summed E-state index contributed by atoms with van der Waals surface area (Å²) in [4.78, 5) is 57.7. The van der Waals surface area contributed by atoms with Gasteiger partial charge in [-0.05, 0) is 43.4 Å². The monoisotopic (exact) mass is 695 g/mol. The van der Waals surface area contributed by atoms with Gasteiger partial charge in [-0.2, -0.15) is 0 Å². The fourth-order valence-corrected chi connectivity index (χ4v) is 5.69. The molecule has 2 saturated heterocycles. The molecule has 2 aliphatic heterocycles. The number of benzene rings is 2. The smallest absolute Gasteiger partial charge is 0.249 e. The van der Waals surface area contributed by atoms with Crippen molar-refractivity contribution in [2.45, 2.75) is 56.0 Å². The minimum Gasteiger partial charge on any atom is -0.383 e.